The number of fused-ring (bicyclic) bond motifs is 1. The van der Waals surface area contributed by atoms with Gasteiger partial charge < -0.3 is 10.1 Å². The normalized spacial score (nSPS) is 13.0. The van der Waals surface area contributed by atoms with Gasteiger partial charge in [0.15, 0.2) is 0 Å². The van der Waals surface area contributed by atoms with Crippen molar-refractivity contribution in [2.24, 2.45) is 0 Å². The Hall–Kier alpha value is -3.70. The molecule has 3 aromatic carbocycles. The number of thiophene rings is 1. The molecular weight excluding hydrogens is 570 g/mol. The van der Waals surface area contributed by atoms with Gasteiger partial charge in [-0.1, -0.05) is 54.6 Å². The van der Waals surface area contributed by atoms with Crippen LogP contribution in [0.5, 0.6) is 0 Å². The molecule has 8 nitrogen and oxygen atoms in total. The molecule has 208 valence electrons. The molecule has 2 heterocycles. The fraction of sp³-hybridized carbons (Fsp3) is 0.172. The van der Waals surface area contributed by atoms with Gasteiger partial charge in [0, 0.05) is 35.8 Å². The van der Waals surface area contributed by atoms with Crippen LogP contribution in [0, 0.1) is 0 Å². The number of methoxy groups -OCH3 is 1. The monoisotopic (exact) mass is 597 g/mol. The molecular formula is C29H28ClN3O5S2. The number of hydrogen-bond acceptors (Lipinski definition) is 7. The van der Waals surface area contributed by atoms with E-state index in [0.717, 1.165) is 23.5 Å². The minimum Gasteiger partial charge on any atom is -0.465 e. The topological polar surface area (TPSA) is 105 Å². The standard InChI is InChI=1S/C29H27N3O5S2.ClH/c1-37-29(34)26-24-15-16-32(18-20-9-4-2-5-10-20)19-25(24)38-28(26)30-27(33)21-11-8-12-22(17-21)31-39(35,36)23-13-6-3-7-14-23;/h2-14,17,31H,15-16,18-19H2,1H3,(H,30,33);1H. The molecule has 0 saturated heterocycles. The van der Waals surface area contributed by atoms with Crippen LogP contribution in [-0.4, -0.2) is 38.8 Å². The van der Waals surface area contributed by atoms with Gasteiger partial charge in [-0.2, -0.15) is 0 Å². The van der Waals surface area contributed by atoms with Gasteiger partial charge in [-0.3, -0.25) is 14.4 Å². The number of sulfonamides is 1. The molecule has 0 unspecified atom stereocenters. The minimum atomic E-state index is -3.81. The van der Waals surface area contributed by atoms with E-state index in [2.05, 4.69) is 27.1 Å². The molecule has 5 rings (SSSR count). The van der Waals surface area contributed by atoms with Crippen molar-refractivity contribution in [1.82, 2.24) is 4.90 Å². The van der Waals surface area contributed by atoms with Crippen LogP contribution in [-0.2, 0) is 34.3 Å². The van der Waals surface area contributed by atoms with E-state index in [1.807, 2.05) is 18.2 Å². The third-order valence-corrected chi connectivity index (χ3v) is 8.96. The smallest absolute Gasteiger partial charge is 0.341 e. The third kappa shape index (κ3) is 6.53. The van der Waals surface area contributed by atoms with E-state index in [-0.39, 0.29) is 28.6 Å². The van der Waals surface area contributed by atoms with Crippen molar-refractivity contribution in [2.45, 2.75) is 24.4 Å². The zero-order chi connectivity index (χ0) is 27.4. The Morgan fingerprint density at radius 1 is 0.975 bits per heavy atom. The highest BCUT2D eigenvalue weighted by molar-refractivity contribution is 7.92. The Morgan fingerprint density at radius 3 is 2.38 bits per heavy atom. The first-order valence-corrected chi connectivity index (χ1v) is 14.6. The van der Waals surface area contributed by atoms with Crippen LogP contribution in [0.15, 0.2) is 89.8 Å². The van der Waals surface area contributed by atoms with E-state index in [0.29, 0.717) is 23.5 Å². The SMILES string of the molecule is COC(=O)c1c(NC(=O)c2cccc(NS(=O)(=O)c3ccccc3)c2)sc2c1CCN(Cc1ccccc1)C2.Cl. The number of benzene rings is 3. The van der Waals surface area contributed by atoms with E-state index in [4.69, 9.17) is 4.74 Å². The molecule has 0 aliphatic carbocycles. The van der Waals surface area contributed by atoms with Crippen molar-refractivity contribution in [3.8, 4) is 0 Å². The van der Waals surface area contributed by atoms with Gasteiger partial charge in [0.2, 0.25) is 0 Å². The van der Waals surface area contributed by atoms with Crippen molar-refractivity contribution in [3.63, 3.8) is 0 Å². The second kappa shape index (κ2) is 12.6. The highest BCUT2D eigenvalue weighted by Crippen LogP contribution is 2.38. The fourth-order valence-electron chi connectivity index (χ4n) is 4.55. The molecule has 1 aliphatic heterocycles. The quantitative estimate of drug-likeness (QED) is 0.257. The number of carbonyl (C=O) groups excluding carboxylic acids is 2. The van der Waals surface area contributed by atoms with E-state index in [1.165, 1.54) is 42.2 Å². The Bertz CT molecular complexity index is 1610. The molecule has 0 saturated carbocycles. The van der Waals surface area contributed by atoms with Crippen LogP contribution in [0.25, 0.3) is 0 Å². The summed E-state index contributed by atoms with van der Waals surface area (Å²) in [4.78, 5) is 29.4. The van der Waals surface area contributed by atoms with Crippen LogP contribution < -0.4 is 10.0 Å². The second-order valence-corrected chi connectivity index (χ2v) is 11.9. The van der Waals surface area contributed by atoms with E-state index in [9.17, 15) is 18.0 Å². The second-order valence-electron chi connectivity index (χ2n) is 9.10. The van der Waals surface area contributed by atoms with Crippen molar-refractivity contribution in [2.75, 3.05) is 23.7 Å². The lowest BCUT2D eigenvalue weighted by atomic mass is 10.0. The first-order chi connectivity index (χ1) is 18.8. The fourth-order valence-corrected chi connectivity index (χ4v) is 6.90. The van der Waals surface area contributed by atoms with Gasteiger partial charge in [0.25, 0.3) is 15.9 Å². The number of carbonyl (C=O) groups is 2. The van der Waals surface area contributed by atoms with Crippen molar-refractivity contribution in [1.29, 1.82) is 0 Å². The van der Waals surface area contributed by atoms with E-state index >= 15 is 0 Å². The highest BCUT2D eigenvalue weighted by Gasteiger charge is 2.29. The highest BCUT2D eigenvalue weighted by atomic mass is 35.5. The molecule has 11 heteroatoms. The summed E-state index contributed by atoms with van der Waals surface area (Å²) in [5, 5.41) is 3.29. The zero-order valence-corrected chi connectivity index (χ0v) is 24.1. The average molecular weight is 598 g/mol. The summed E-state index contributed by atoms with van der Waals surface area (Å²) in [5.74, 6) is -0.954. The summed E-state index contributed by atoms with van der Waals surface area (Å²) in [6, 6.07) is 24.4. The number of nitrogens with one attached hydrogen (secondary N) is 2. The summed E-state index contributed by atoms with van der Waals surface area (Å²) < 4.78 is 33.0. The number of esters is 1. The first kappa shape index (κ1) is 29.3. The lowest BCUT2D eigenvalue weighted by Gasteiger charge is -2.27. The van der Waals surface area contributed by atoms with Crippen LogP contribution in [0.3, 0.4) is 0 Å². The maximum absolute atomic E-state index is 13.2. The van der Waals surface area contributed by atoms with Gasteiger partial charge in [0.1, 0.15) is 5.00 Å². The van der Waals surface area contributed by atoms with Crippen LogP contribution >= 0.6 is 23.7 Å². The van der Waals surface area contributed by atoms with Gasteiger partial charge in [-0.25, -0.2) is 13.2 Å². The maximum Gasteiger partial charge on any atom is 0.341 e. The predicted molar refractivity (Wildman–Crippen MR) is 159 cm³/mol. The minimum absolute atomic E-state index is 0. The van der Waals surface area contributed by atoms with Crippen LogP contribution in [0.2, 0.25) is 0 Å². The summed E-state index contributed by atoms with van der Waals surface area (Å²) in [6.45, 7) is 2.23. The number of amides is 1. The number of anilines is 2. The summed E-state index contributed by atoms with van der Waals surface area (Å²) in [6.07, 6.45) is 0.662. The summed E-state index contributed by atoms with van der Waals surface area (Å²) in [5.41, 5.74) is 2.99. The predicted octanol–water partition coefficient (Wildman–Crippen LogP) is 5.57. The van der Waals surface area contributed by atoms with Crippen LogP contribution in [0.1, 0.15) is 36.7 Å². The lowest BCUT2D eigenvalue weighted by molar-refractivity contribution is 0.0600. The number of nitrogens with zero attached hydrogens (tertiary/aromatic N) is 1. The first-order valence-electron chi connectivity index (χ1n) is 12.3. The molecule has 0 radical (unpaired) electrons. The molecule has 0 atom stereocenters. The summed E-state index contributed by atoms with van der Waals surface area (Å²) >= 11 is 1.37. The molecule has 0 spiro atoms. The molecule has 40 heavy (non-hydrogen) atoms. The number of halogens is 1. The Labute approximate surface area is 243 Å². The number of ether oxygens (including phenoxy) is 1. The average Bonchev–Trinajstić information content (AvgIpc) is 3.30. The molecule has 2 N–H and O–H groups in total. The van der Waals surface area contributed by atoms with E-state index < -0.39 is 21.9 Å². The molecule has 1 aromatic heterocycles. The van der Waals surface area contributed by atoms with Crippen molar-refractivity contribution < 1.29 is 22.7 Å². The van der Waals surface area contributed by atoms with Gasteiger partial charge >= 0.3 is 5.97 Å². The third-order valence-electron chi connectivity index (χ3n) is 6.43. The Balaban J connectivity index is 0.00000370. The molecule has 1 aliphatic rings. The Kier molecular flexibility index (Phi) is 9.26. The van der Waals surface area contributed by atoms with Gasteiger partial charge in [-0.05, 0) is 47.9 Å². The van der Waals surface area contributed by atoms with E-state index in [1.54, 1.807) is 36.4 Å². The lowest BCUT2D eigenvalue weighted by Crippen LogP contribution is -2.29. The molecule has 0 bridgehead atoms. The molecule has 4 aromatic rings. The number of rotatable bonds is 8. The van der Waals surface area contributed by atoms with Crippen molar-refractivity contribution >= 4 is 56.3 Å². The maximum atomic E-state index is 13.2. The van der Waals surface area contributed by atoms with Gasteiger partial charge in [0.05, 0.1) is 17.6 Å². The molecule has 1 amide bonds. The zero-order valence-electron chi connectivity index (χ0n) is 21.6. The van der Waals surface area contributed by atoms with Gasteiger partial charge in [-0.15, -0.1) is 23.7 Å². The summed E-state index contributed by atoms with van der Waals surface area (Å²) in [7, 11) is -2.49. The molecule has 0 fully saturated rings. The number of hydrogen-bond donors (Lipinski definition) is 2. The Morgan fingerprint density at radius 2 is 1.68 bits per heavy atom. The van der Waals surface area contributed by atoms with Crippen LogP contribution in [0.4, 0.5) is 10.7 Å². The largest absolute Gasteiger partial charge is 0.465 e. The van der Waals surface area contributed by atoms with Crippen molar-refractivity contribution in [3.05, 3.63) is 112 Å².